The molecule has 9 nitrogen and oxygen atoms in total. The van der Waals surface area contributed by atoms with Gasteiger partial charge in [0.05, 0.1) is 12.6 Å². The van der Waals surface area contributed by atoms with Gasteiger partial charge in [0.15, 0.2) is 5.82 Å². The summed E-state index contributed by atoms with van der Waals surface area (Å²) in [4.78, 5) is 16.3. The van der Waals surface area contributed by atoms with Crippen LogP contribution in [0.25, 0.3) is 0 Å². The molecule has 0 amide bonds. The number of ether oxygens (including phenoxy) is 1. The number of hydrogen-bond acceptors (Lipinski definition) is 9. The lowest BCUT2D eigenvalue weighted by molar-refractivity contribution is 0.222. The fourth-order valence-corrected chi connectivity index (χ4v) is 1.24. The van der Waals surface area contributed by atoms with Crippen molar-refractivity contribution in [2.45, 2.75) is 26.5 Å². The molecular weight excluding hydrogens is 250 g/mol. The summed E-state index contributed by atoms with van der Waals surface area (Å²) >= 11 is 0. The number of anilines is 2. The summed E-state index contributed by atoms with van der Waals surface area (Å²) in [5, 5.41) is 9.49. The van der Waals surface area contributed by atoms with E-state index in [9.17, 15) is 0 Å². The lowest BCUT2D eigenvalue weighted by Gasteiger charge is -2.10. The van der Waals surface area contributed by atoms with Crippen LogP contribution >= 0.6 is 0 Å². The van der Waals surface area contributed by atoms with E-state index in [4.69, 9.17) is 4.74 Å². The predicted molar refractivity (Wildman–Crippen MR) is 66.8 cm³/mol. The van der Waals surface area contributed by atoms with E-state index >= 15 is 0 Å². The summed E-state index contributed by atoms with van der Waals surface area (Å²) in [6, 6.07) is 0.255. The molecule has 0 unspecified atom stereocenters. The van der Waals surface area contributed by atoms with Crippen molar-refractivity contribution in [3.63, 3.8) is 0 Å². The first-order valence-electron chi connectivity index (χ1n) is 5.77. The highest BCUT2D eigenvalue weighted by molar-refractivity contribution is 5.35. The van der Waals surface area contributed by atoms with Crippen molar-refractivity contribution in [1.29, 1.82) is 0 Å². The van der Waals surface area contributed by atoms with Crippen LogP contribution in [0.4, 0.5) is 11.9 Å². The molecule has 0 fully saturated rings. The summed E-state index contributed by atoms with van der Waals surface area (Å²) in [7, 11) is 1.72. The molecule has 0 aliphatic carbocycles. The molecule has 2 aromatic rings. The Hall–Kier alpha value is -2.45. The van der Waals surface area contributed by atoms with E-state index < -0.39 is 0 Å². The summed E-state index contributed by atoms with van der Waals surface area (Å²) in [5.74, 6) is 1.30. The third-order valence-corrected chi connectivity index (χ3v) is 1.99. The van der Waals surface area contributed by atoms with Crippen LogP contribution in [0.1, 0.15) is 19.7 Å². The lowest BCUT2D eigenvalue weighted by Crippen LogP contribution is -2.13. The van der Waals surface area contributed by atoms with Gasteiger partial charge in [-0.05, 0) is 13.8 Å². The molecule has 102 valence electrons. The largest absolute Gasteiger partial charge is 0.461 e. The van der Waals surface area contributed by atoms with Gasteiger partial charge in [0, 0.05) is 7.05 Å². The first-order chi connectivity index (χ1) is 9.17. The average Bonchev–Trinajstić information content (AvgIpc) is 2.88. The molecule has 0 aliphatic heterocycles. The van der Waals surface area contributed by atoms with Gasteiger partial charge < -0.3 is 19.9 Å². The monoisotopic (exact) mass is 265 g/mol. The molecule has 2 heterocycles. The van der Waals surface area contributed by atoms with Gasteiger partial charge in [0.25, 0.3) is 0 Å². The molecule has 0 saturated heterocycles. The molecule has 2 aromatic heterocycles. The zero-order valence-electron chi connectivity index (χ0n) is 10.9. The molecule has 0 aromatic carbocycles. The normalized spacial score (nSPS) is 10.5. The van der Waals surface area contributed by atoms with E-state index in [2.05, 4.69) is 40.2 Å². The van der Waals surface area contributed by atoms with Crippen LogP contribution in [0.5, 0.6) is 6.01 Å². The van der Waals surface area contributed by atoms with Gasteiger partial charge in [-0.2, -0.15) is 19.9 Å². The number of aromatic nitrogens is 5. The van der Waals surface area contributed by atoms with Gasteiger partial charge in [0.2, 0.25) is 18.3 Å². The van der Waals surface area contributed by atoms with Crippen LogP contribution in [-0.4, -0.2) is 38.2 Å². The summed E-state index contributed by atoms with van der Waals surface area (Å²) in [6.45, 7) is 4.15. The Balaban J connectivity index is 2.09. The summed E-state index contributed by atoms with van der Waals surface area (Å²) in [5.41, 5.74) is 0. The van der Waals surface area contributed by atoms with Crippen LogP contribution in [0.2, 0.25) is 0 Å². The Morgan fingerprint density at radius 1 is 1.26 bits per heavy atom. The maximum Gasteiger partial charge on any atom is 0.323 e. The number of hydrogen-bond donors (Lipinski definition) is 2. The highest BCUT2D eigenvalue weighted by Gasteiger charge is 2.08. The molecule has 2 N–H and O–H groups in total. The highest BCUT2D eigenvalue weighted by atomic mass is 16.5. The molecule has 0 saturated carbocycles. The standard InChI is InChI=1S/C10H15N7O2/c1-6(2)19-10-15-8(11-3)14-9(16-10)12-4-7-13-5-18-17-7/h5-6H,4H2,1-3H3,(H2,11,12,14,15,16). The Kier molecular flexibility index (Phi) is 4.06. The van der Waals surface area contributed by atoms with E-state index in [1.165, 1.54) is 6.39 Å². The first kappa shape index (κ1) is 13.0. The zero-order valence-corrected chi connectivity index (χ0v) is 10.9. The smallest absolute Gasteiger partial charge is 0.323 e. The quantitative estimate of drug-likeness (QED) is 0.779. The Labute approximate surface area is 109 Å². The molecule has 2 rings (SSSR count). The lowest BCUT2D eigenvalue weighted by atomic mass is 10.5. The number of rotatable bonds is 6. The molecule has 9 heteroatoms. The minimum Gasteiger partial charge on any atom is -0.461 e. The van der Waals surface area contributed by atoms with Gasteiger partial charge >= 0.3 is 6.01 Å². The molecule has 0 aliphatic rings. The van der Waals surface area contributed by atoms with E-state index in [1.54, 1.807) is 7.05 Å². The molecule has 19 heavy (non-hydrogen) atoms. The van der Waals surface area contributed by atoms with Crippen molar-refractivity contribution >= 4 is 11.9 Å². The maximum atomic E-state index is 5.44. The third-order valence-electron chi connectivity index (χ3n) is 1.99. The second-order valence-electron chi connectivity index (χ2n) is 3.88. The molecule has 0 atom stereocenters. The summed E-state index contributed by atoms with van der Waals surface area (Å²) < 4.78 is 10.1. The van der Waals surface area contributed by atoms with Gasteiger partial charge in [-0.3, -0.25) is 0 Å². The van der Waals surface area contributed by atoms with E-state index in [1.807, 2.05) is 13.8 Å². The van der Waals surface area contributed by atoms with Crippen molar-refractivity contribution < 1.29 is 9.26 Å². The minimum atomic E-state index is -0.0165. The number of nitrogens with one attached hydrogen (secondary N) is 2. The van der Waals surface area contributed by atoms with Gasteiger partial charge in [-0.15, -0.1) is 0 Å². The second kappa shape index (κ2) is 5.94. The highest BCUT2D eigenvalue weighted by Crippen LogP contribution is 2.12. The van der Waals surface area contributed by atoms with Crippen LogP contribution in [0, 0.1) is 0 Å². The van der Waals surface area contributed by atoms with E-state index in [-0.39, 0.29) is 12.1 Å². The van der Waals surface area contributed by atoms with Crippen molar-refractivity contribution in [3.8, 4) is 6.01 Å². The van der Waals surface area contributed by atoms with Crippen molar-refractivity contribution in [1.82, 2.24) is 25.1 Å². The van der Waals surface area contributed by atoms with E-state index in [0.717, 1.165) is 0 Å². The first-order valence-corrected chi connectivity index (χ1v) is 5.77. The minimum absolute atomic E-state index is 0.0165. The van der Waals surface area contributed by atoms with Gasteiger partial charge in [0.1, 0.15) is 0 Å². The average molecular weight is 265 g/mol. The van der Waals surface area contributed by atoms with Crippen LogP contribution in [0.15, 0.2) is 10.9 Å². The van der Waals surface area contributed by atoms with Gasteiger partial charge in [-0.1, -0.05) is 5.16 Å². The van der Waals surface area contributed by atoms with Crippen molar-refractivity contribution in [2.75, 3.05) is 17.7 Å². The Bertz CT molecular complexity index is 515. The number of nitrogens with zero attached hydrogens (tertiary/aromatic N) is 5. The zero-order chi connectivity index (χ0) is 13.7. The SMILES string of the molecule is CNc1nc(NCc2ncon2)nc(OC(C)C)n1. The fraction of sp³-hybridized carbons (Fsp3) is 0.500. The molecule has 0 radical (unpaired) electrons. The van der Waals surface area contributed by atoms with Gasteiger partial charge in [-0.25, -0.2) is 0 Å². The van der Waals surface area contributed by atoms with E-state index in [0.29, 0.717) is 24.3 Å². The summed E-state index contributed by atoms with van der Waals surface area (Å²) in [6.07, 6.45) is 1.24. The molecule has 0 spiro atoms. The predicted octanol–water partition coefficient (Wildman–Crippen LogP) is 0.696. The van der Waals surface area contributed by atoms with Crippen LogP contribution in [0.3, 0.4) is 0 Å². The van der Waals surface area contributed by atoms with Crippen molar-refractivity contribution in [3.05, 3.63) is 12.2 Å². The third kappa shape index (κ3) is 3.76. The van der Waals surface area contributed by atoms with Crippen LogP contribution < -0.4 is 15.4 Å². The molecule has 0 bridgehead atoms. The molecular formula is C10H15N7O2. The Morgan fingerprint density at radius 2 is 2.05 bits per heavy atom. The second-order valence-corrected chi connectivity index (χ2v) is 3.88. The van der Waals surface area contributed by atoms with Crippen LogP contribution in [-0.2, 0) is 6.54 Å². The maximum absolute atomic E-state index is 5.44. The fourth-order valence-electron chi connectivity index (χ4n) is 1.24. The Morgan fingerprint density at radius 3 is 2.68 bits per heavy atom. The topological polar surface area (TPSA) is 111 Å². The van der Waals surface area contributed by atoms with Crippen molar-refractivity contribution in [2.24, 2.45) is 0 Å².